The number of nitrogens with zero attached hydrogens (tertiary/aromatic N) is 6. The summed E-state index contributed by atoms with van der Waals surface area (Å²) >= 11 is 0. The molecule has 4 aromatic rings. The van der Waals surface area contributed by atoms with Crippen LogP contribution in [0.4, 0.5) is 10.1 Å². The Balaban J connectivity index is 1.76. The molecule has 2 amide bonds. The van der Waals surface area contributed by atoms with Gasteiger partial charge in [0.15, 0.2) is 0 Å². The number of aromatic nitrogens is 5. The molecule has 0 spiro atoms. The molecule has 10 heteroatoms. The van der Waals surface area contributed by atoms with E-state index in [4.69, 9.17) is 0 Å². The summed E-state index contributed by atoms with van der Waals surface area (Å²) < 4.78 is 13.3. The van der Waals surface area contributed by atoms with Crippen LogP contribution in [0, 0.1) is 19.7 Å². The highest BCUT2D eigenvalue weighted by Gasteiger charge is 2.35. The molecule has 0 saturated carbocycles. The van der Waals surface area contributed by atoms with Gasteiger partial charge in [-0.25, -0.2) is 4.39 Å². The van der Waals surface area contributed by atoms with Crippen LogP contribution < -0.4 is 10.2 Å². The average Bonchev–Trinajstić information content (AvgIpc) is 3.32. The maximum atomic E-state index is 14.0. The zero-order valence-electron chi connectivity index (χ0n) is 22.0. The lowest BCUT2D eigenvalue weighted by atomic mass is 10.00. The van der Waals surface area contributed by atoms with E-state index in [1.807, 2.05) is 52.8 Å². The summed E-state index contributed by atoms with van der Waals surface area (Å²) in [4.78, 5) is 34.5. The number of nitrogens with one attached hydrogen (secondary N) is 1. The summed E-state index contributed by atoms with van der Waals surface area (Å²) in [6.45, 7) is 9.20. The van der Waals surface area contributed by atoms with Crippen molar-refractivity contribution in [2.75, 3.05) is 4.90 Å². The number of hydrogen-bond acceptors (Lipinski definition) is 6. The Kier molecular flexibility index (Phi) is 7.61. The van der Waals surface area contributed by atoms with Crippen LogP contribution in [0.1, 0.15) is 43.5 Å². The molecule has 2 aromatic carbocycles. The Morgan fingerprint density at radius 1 is 1.03 bits per heavy atom. The summed E-state index contributed by atoms with van der Waals surface area (Å²) in [7, 11) is 0. The first-order valence-corrected chi connectivity index (χ1v) is 12.2. The molecular weight excluding hydrogens is 485 g/mol. The summed E-state index contributed by atoms with van der Waals surface area (Å²) in [5.74, 6) is -0.868. The van der Waals surface area contributed by atoms with Gasteiger partial charge in [0.25, 0.3) is 5.91 Å². The number of amides is 2. The van der Waals surface area contributed by atoms with E-state index >= 15 is 0 Å². The minimum atomic E-state index is -0.981. The summed E-state index contributed by atoms with van der Waals surface area (Å²) in [5.41, 5.74) is 3.00. The van der Waals surface area contributed by atoms with Gasteiger partial charge in [-0.05, 0) is 99.0 Å². The quantitative estimate of drug-likeness (QED) is 0.396. The summed E-state index contributed by atoms with van der Waals surface area (Å²) in [6.07, 6.45) is 3.18. The van der Waals surface area contributed by atoms with E-state index in [1.165, 1.54) is 34.0 Å². The molecule has 2 aromatic heterocycles. The fourth-order valence-corrected chi connectivity index (χ4v) is 4.02. The highest BCUT2D eigenvalue weighted by Crippen LogP contribution is 2.32. The van der Waals surface area contributed by atoms with Gasteiger partial charge in [-0.15, -0.1) is 10.2 Å². The molecule has 1 atom stereocenters. The summed E-state index contributed by atoms with van der Waals surface area (Å²) in [5, 5.41) is 15.4. The maximum absolute atomic E-state index is 14.0. The molecule has 0 saturated heterocycles. The van der Waals surface area contributed by atoms with Crippen molar-refractivity contribution < 1.29 is 14.0 Å². The molecule has 196 valence electrons. The van der Waals surface area contributed by atoms with Crippen LogP contribution in [-0.4, -0.2) is 42.5 Å². The van der Waals surface area contributed by atoms with Gasteiger partial charge < -0.3 is 5.32 Å². The smallest absolute Gasteiger partial charge is 0.251 e. The second kappa shape index (κ2) is 10.9. The van der Waals surface area contributed by atoms with Crippen LogP contribution >= 0.6 is 0 Å². The number of tetrazole rings is 1. The van der Waals surface area contributed by atoms with Gasteiger partial charge in [0.2, 0.25) is 11.7 Å². The number of pyridine rings is 1. The van der Waals surface area contributed by atoms with Crippen molar-refractivity contribution in [3.8, 4) is 11.4 Å². The van der Waals surface area contributed by atoms with E-state index in [0.29, 0.717) is 16.8 Å². The van der Waals surface area contributed by atoms with Gasteiger partial charge in [-0.2, -0.15) is 4.80 Å². The van der Waals surface area contributed by atoms with Crippen molar-refractivity contribution in [2.24, 2.45) is 0 Å². The molecule has 38 heavy (non-hydrogen) atoms. The second-order valence-corrected chi connectivity index (χ2v) is 10.1. The van der Waals surface area contributed by atoms with Crippen molar-refractivity contribution in [2.45, 2.75) is 52.7 Å². The number of carbonyl (C=O) groups excluding carboxylic acids is 2. The van der Waals surface area contributed by atoms with Crippen molar-refractivity contribution in [1.29, 1.82) is 0 Å². The van der Waals surface area contributed by atoms with Crippen LogP contribution in [0.15, 0.2) is 67.0 Å². The third kappa shape index (κ3) is 6.26. The number of hydrogen-bond donors (Lipinski definition) is 1. The lowest BCUT2D eigenvalue weighted by Crippen LogP contribution is -2.50. The molecule has 0 aliphatic heterocycles. The highest BCUT2D eigenvalue weighted by atomic mass is 19.1. The molecule has 4 rings (SSSR count). The number of rotatable bonds is 7. The van der Waals surface area contributed by atoms with Crippen LogP contribution in [0.3, 0.4) is 0 Å². The molecule has 0 radical (unpaired) electrons. The minimum absolute atomic E-state index is 0.257. The summed E-state index contributed by atoms with van der Waals surface area (Å²) in [6, 6.07) is 13.9. The Labute approximate surface area is 220 Å². The number of carbonyl (C=O) groups is 2. The Morgan fingerprint density at radius 2 is 1.71 bits per heavy atom. The monoisotopic (exact) mass is 515 g/mol. The predicted octanol–water partition coefficient (Wildman–Crippen LogP) is 4.18. The van der Waals surface area contributed by atoms with E-state index in [2.05, 4.69) is 25.7 Å². The molecule has 0 bridgehead atoms. The van der Waals surface area contributed by atoms with Crippen LogP contribution in [0.5, 0.6) is 0 Å². The molecule has 0 fully saturated rings. The van der Waals surface area contributed by atoms with Gasteiger partial charge in [0.05, 0.1) is 0 Å². The maximum Gasteiger partial charge on any atom is 0.251 e. The SMILES string of the molecule is Cc1ccc(C)c(N(C(=O)Cn2nnc(-c3ccc(F)cc3)n2)[C@@H](C(=O)NC(C)(C)C)c2ccncc2)c1. The highest BCUT2D eigenvalue weighted by molar-refractivity contribution is 6.02. The number of halogens is 1. The van der Waals surface area contributed by atoms with Crippen molar-refractivity contribution >= 4 is 17.5 Å². The van der Waals surface area contributed by atoms with Crippen LogP contribution in [0.2, 0.25) is 0 Å². The second-order valence-electron chi connectivity index (χ2n) is 10.1. The molecule has 0 unspecified atom stereocenters. The molecule has 9 nitrogen and oxygen atoms in total. The Hall–Kier alpha value is -4.47. The lowest BCUT2D eigenvalue weighted by Gasteiger charge is -2.34. The Morgan fingerprint density at radius 3 is 2.37 bits per heavy atom. The number of aryl methyl sites for hydroxylation is 2. The first kappa shape index (κ1) is 26.6. The fraction of sp³-hybridized carbons (Fsp3) is 0.286. The molecule has 0 aliphatic rings. The number of anilines is 1. The van der Waals surface area contributed by atoms with Crippen molar-refractivity contribution in [3.05, 3.63) is 89.5 Å². The van der Waals surface area contributed by atoms with Gasteiger partial charge in [0, 0.05) is 29.2 Å². The topological polar surface area (TPSA) is 106 Å². The van der Waals surface area contributed by atoms with E-state index in [9.17, 15) is 14.0 Å². The van der Waals surface area contributed by atoms with Gasteiger partial charge >= 0.3 is 0 Å². The molecule has 1 N–H and O–H groups in total. The Bertz CT molecular complexity index is 1430. The molecule has 0 aliphatic carbocycles. The largest absolute Gasteiger partial charge is 0.349 e. The third-order valence-corrected chi connectivity index (χ3v) is 5.75. The van der Waals surface area contributed by atoms with Gasteiger partial charge in [-0.1, -0.05) is 12.1 Å². The van der Waals surface area contributed by atoms with E-state index in [1.54, 1.807) is 24.5 Å². The predicted molar refractivity (Wildman–Crippen MR) is 141 cm³/mol. The third-order valence-electron chi connectivity index (χ3n) is 5.75. The minimum Gasteiger partial charge on any atom is -0.349 e. The number of benzene rings is 2. The normalized spacial score (nSPS) is 12.2. The van der Waals surface area contributed by atoms with E-state index in [0.717, 1.165) is 11.1 Å². The molecular formula is C28H30FN7O2. The molecule has 2 heterocycles. The van der Waals surface area contributed by atoms with Gasteiger partial charge in [0.1, 0.15) is 18.4 Å². The van der Waals surface area contributed by atoms with Gasteiger partial charge in [-0.3, -0.25) is 19.5 Å². The zero-order chi connectivity index (χ0) is 27.4. The van der Waals surface area contributed by atoms with Crippen LogP contribution in [-0.2, 0) is 16.1 Å². The lowest BCUT2D eigenvalue weighted by molar-refractivity contribution is -0.128. The van der Waals surface area contributed by atoms with E-state index < -0.39 is 17.5 Å². The van der Waals surface area contributed by atoms with E-state index in [-0.39, 0.29) is 24.1 Å². The van der Waals surface area contributed by atoms with Crippen LogP contribution in [0.25, 0.3) is 11.4 Å². The average molecular weight is 516 g/mol. The van der Waals surface area contributed by atoms with Crippen molar-refractivity contribution in [3.63, 3.8) is 0 Å². The fourth-order valence-electron chi connectivity index (χ4n) is 4.02. The first-order chi connectivity index (χ1) is 18.0. The first-order valence-electron chi connectivity index (χ1n) is 12.2. The standard InChI is InChI=1S/C28H30FN7O2/c1-18-6-7-19(2)23(16-18)36(25(20-12-14-30-15-13-20)27(38)31-28(3,4)5)24(37)17-35-33-26(32-34-35)21-8-10-22(29)11-9-21/h6-16,25H,17H2,1-5H3,(H,31,38)/t25-/m1/s1. The van der Waals surface area contributed by atoms with Crippen molar-refractivity contribution in [1.82, 2.24) is 30.5 Å². The zero-order valence-corrected chi connectivity index (χ0v) is 22.0.